The number of rotatable bonds is 9. The molecule has 1 heterocycles. The van der Waals surface area contributed by atoms with Crippen molar-refractivity contribution >= 4 is 23.5 Å². The van der Waals surface area contributed by atoms with E-state index in [0.29, 0.717) is 24.6 Å². The fourth-order valence-corrected chi connectivity index (χ4v) is 4.97. The van der Waals surface area contributed by atoms with E-state index in [1.807, 2.05) is 12.1 Å². The molecule has 34 heavy (non-hydrogen) atoms. The normalized spacial score (nSPS) is 17.9. The molecule has 2 aromatic carbocycles. The van der Waals surface area contributed by atoms with Crippen LogP contribution in [-0.4, -0.2) is 39.6 Å². The van der Waals surface area contributed by atoms with Crippen molar-refractivity contribution in [2.24, 2.45) is 5.92 Å². The average molecular weight is 465 g/mol. The number of carboxylic acid groups (broad SMARTS) is 1. The minimum Gasteiger partial charge on any atom is -0.478 e. The van der Waals surface area contributed by atoms with Crippen molar-refractivity contribution in [3.63, 3.8) is 0 Å². The number of aliphatic hydroxyl groups excluding tert-OH is 1. The highest BCUT2D eigenvalue weighted by atomic mass is 16.4. The number of carbonyl (C=O) groups is 3. The Bertz CT molecular complexity index is 1010. The molecule has 180 valence electrons. The van der Waals surface area contributed by atoms with Crippen LogP contribution in [0.1, 0.15) is 79.0 Å². The maximum absolute atomic E-state index is 12.6. The number of hydrogen-bond donors (Lipinski definition) is 2. The lowest BCUT2D eigenvalue weighted by Crippen LogP contribution is -2.42. The number of anilines is 1. The Balaban J connectivity index is 1.38. The monoisotopic (exact) mass is 464 g/mol. The van der Waals surface area contributed by atoms with Gasteiger partial charge in [0, 0.05) is 6.54 Å². The molecule has 1 saturated heterocycles. The van der Waals surface area contributed by atoms with Gasteiger partial charge < -0.3 is 10.2 Å². The van der Waals surface area contributed by atoms with Crippen LogP contribution in [-0.2, 0) is 16.0 Å². The molecule has 7 heteroatoms. The van der Waals surface area contributed by atoms with E-state index >= 15 is 0 Å². The van der Waals surface area contributed by atoms with E-state index in [9.17, 15) is 19.5 Å². The van der Waals surface area contributed by atoms with Crippen molar-refractivity contribution in [3.8, 4) is 0 Å². The predicted octanol–water partition coefficient (Wildman–Crippen LogP) is 4.50. The van der Waals surface area contributed by atoms with E-state index in [2.05, 4.69) is 0 Å². The minimum atomic E-state index is -0.986. The Labute approximate surface area is 200 Å². The zero-order valence-electron chi connectivity index (χ0n) is 19.4. The first-order valence-corrected chi connectivity index (χ1v) is 12.2. The van der Waals surface area contributed by atoms with E-state index in [1.54, 1.807) is 24.3 Å². The van der Waals surface area contributed by atoms with Crippen LogP contribution in [0.5, 0.6) is 0 Å². The van der Waals surface area contributed by atoms with Crippen LogP contribution in [0.3, 0.4) is 0 Å². The molecule has 4 rings (SSSR count). The summed E-state index contributed by atoms with van der Waals surface area (Å²) in [6.45, 7) is 0.308. The molecule has 7 nitrogen and oxygen atoms in total. The Morgan fingerprint density at radius 3 is 2.26 bits per heavy atom. The zero-order chi connectivity index (χ0) is 24.1. The molecular formula is C27H32N2O5. The number of amides is 2. The third-order valence-corrected chi connectivity index (χ3v) is 6.98. The summed E-state index contributed by atoms with van der Waals surface area (Å²) in [6, 6.07) is 13.7. The molecule has 2 aromatic rings. The summed E-state index contributed by atoms with van der Waals surface area (Å²) in [5.74, 6) is -0.814. The lowest BCUT2D eigenvalue weighted by atomic mass is 9.85. The zero-order valence-corrected chi connectivity index (χ0v) is 19.4. The fourth-order valence-electron chi connectivity index (χ4n) is 4.97. The van der Waals surface area contributed by atoms with Gasteiger partial charge in [-0.25, -0.2) is 14.8 Å². The van der Waals surface area contributed by atoms with Crippen molar-refractivity contribution in [1.82, 2.24) is 5.01 Å². The first kappa shape index (κ1) is 24.0. The fraction of sp³-hybridized carbons (Fsp3) is 0.444. The molecule has 2 N–H and O–H groups in total. The first-order valence-electron chi connectivity index (χ1n) is 12.2. The summed E-state index contributed by atoms with van der Waals surface area (Å²) in [5, 5.41) is 22.5. The van der Waals surface area contributed by atoms with Crippen LogP contribution in [0, 0.1) is 5.92 Å². The molecule has 2 amide bonds. The number of benzene rings is 2. The van der Waals surface area contributed by atoms with E-state index < -0.39 is 12.1 Å². The molecule has 0 radical (unpaired) electrons. The van der Waals surface area contributed by atoms with Crippen LogP contribution in [0.25, 0.3) is 0 Å². The molecule has 2 fully saturated rings. The smallest absolute Gasteiger partial charge is 0.335 e. The lowest BCUT2D eigenvalue weighted by molar-refractivity contribution is -0.128. The van der Waals surface area contributed by atoms with E-state index in [0.717, 1.165) is 24.0 Å². The van der Waals surface area contributed by atoms with Crippen LogP contribution in [0.4, 0.5) is 5.69 Å². The second-order valence-electron chi connectivity index (χ2n) is 9.34. The summed E-state index contributed by atoms with van der Waals surface area (Å²) < 4.78 is 0. The third kappa shape index (κ3) is 5.65. The molecule has 0 aromatic heterocycles. The number of hydrogen-bond acceptors (Lipinski definition) is 4. The summed E-state index contributed by atoms with van der Waals surface area (Å²) >= 11 is 0. The summed E-state index contributed by atoms with van der Waals surface area (Å²) in [5.41, 5.74) is 2.51. The SMILES string of the molecule is O=C(O)c1ccc(CCN2C(=O)CC(=O)N2c2ccc(C(O)CCC3CCCCC3)cc2)cc1. The largest absolute Gasteiger partial charge is 0.478 e. The summed E-state index contributed by atoms with van der Waals surface area (Å²) in [6.07, 6.45) is 7.98. The van der Waals surface area contributed by atoms with Crippen molar-refractivity contribution in [1.29, 1.82) is 0 Å². The van der Waals surface area contributed by atoms with Gasteiger partial charge in [0.1, 0.15) is 6.42 Å². The van der Waals surface area contributed by atoms with Gasteiger partial charge in [-0.05, 0) is 60.6 Å². The van der Waals surface area contributed by atoms with E-state index in [4.69, 9.17) is 5.11 Å². The lowest BCUT2D eigenvalue weighted by Gasteiger charge is -2.28. The van der Waals surface area contributed by atoms with Crippen molar-refractivity contribution in [3.05, 3.63) is 65.2 Å². The van der Waals surface area contributed by atoms with Gasteiger partial charge in [-0.2, -0.15) is 0 Å². The molecule has 0 spiro atoms. The van der Waals surface area contributed by atoms with Gasteiger partial charge >= 0.3 is 5.97 Å². The molecule has 1 saturated carbocycles. The van der Waals surface area contributed by atoms with Crippen LogP contribution in [0.2, 0.25) is 0 Å². The Morgan fingerprint density at radius 1 is 0.941 bits per heavy atom. The molecule has 0 bridgehead atoms. The Hall–Kier alpha value is -3.19. The quantitative estimate of drug-likeness (QED) is 0.533. The molecule has 1 aliphatic heterocycles. The number of carbonyl (C=O) groups excluding carboxylic acids is 2. The maximum Gasteiger partial charge on any atom is 0.335 e. The molecule has 1 unspecified atom stereocenters. The number of carboxylic acids is 1. The summed E-state index contributed by atoms with van der Waals surface area (Å²) in [4.78, 5) is 36.1. The molecule has 1 aliphatic carbocycles. The van der Waals surface area contributed by atoms with Gasteiger partial charge in [-0.3, -0.25) is 9.59 Å². The Kier molecular flexibility index (Phi) is 7.63. The van der Waals surface area contributed by atoms with Gasteiger partial charge in [-0.15, -0.1) is 0 Å². The van der Waals surface area contributed by atoms with Crippen molar-refractivity contribution in [2.75, 3.05) is 11.6 Å². The highest BCUT2D eigenvalue weighted by Crippen LogP contribution is 2.31. The van der Waals surface area contributed by atoms with Crippen molar-refractivity contribution in [2.45, 2.75) is 63.9 Å². The van der Waals surface area contributed by atoms with Crippen molar-refractivity contribution < 1.29 is 24.6 Å². The first-order chi connectivity index (χ1) is 16.4. The van der Waals surface area contributed by atoms with Gasteiger partial charge in [0.2, 0.25) is 0 Å². The molecule has 2 aliphatic rings. The second kappa shape index (κ2) is 10.8. The van der Waals surface area contributed by atoms with Gasteiger partial charge in [-0.1, -0.05) is 56.4 Å². The topological polar surface area (TPSA) is 98.2 Å². The van der Waals surface area contributed by atoms with Gasteiger partial charge in [0.25, 0.3) is 11.8 Å². The molecular weight excluding hydrogens is 432 g/mol. The summed E-state index contributed by atoms with van der Waals surface area (Å²) in [7, 11) is 0. The van der Waals surface area contributed by atoms with Gasteiger partial charge in [0.05, 0.1) is 17.4 Å². The maximum atomic E-state index is 12.6. The predicted molar refractivity (Wildman–Crippen MR) is 128 cm³/mol. The number of aromatic carboxylic acids is 1. The highest BCUT2D eigenvalue weighted by molar-refractivity contribution is 6.11. The second-order valence-corrected chi connectivity index (χ2v) is 9.34. The minimum absolute atomic E-state index is 0.177. The number of nitrogens with zero attached hydrogens (tertiary/aromatic N) is 2. The van der Waals surface area contributed by atoms with Crippen LogP contribution in [0.15, 0.2) is 48.5 Å². The number of aliphatic hydroxyl groups is 1. The van der Waals surface area contributed by atoms with E-state index in [1.165, 1.54) is 54.3 Å². The molecule has 1 atom stereocenters. The van der Waals surface area contributed by atoms with Crippen LogP contribution < -0.4 is 5.01 Å². The standard InChI is InChI=1S/C27H32N2O5/c30-24(15-8-19-4-2-1-3-5-19)21-11-13-23(14-12-21)29-26(32)18-25(31)28(29)17-16-20-6-9-22(10-7-20)27(33)34/h6-7,9-14,19,24,30H,1-5,8,15-18H2,(H,33,34). The van der Waals surface area contributed by atoms with Crippen LogP contribution >= 0.6 is 0 Å². The highest BCUT2D eigenvalue weighted by Gasteiger charge is 2.36. The van der Waals surface area contributed by atoms with Gasteiger partial charge in [0.15, 0.2) is 0 Å². The number of hydrazine groups is 1. The van der Waals surface area contributed by atoms with E-state index in [-0.39, 0.29) is 23.8 Å². The third-order valence-electron chi connectivity index (χ3n) is 6.98. The Morgan fingerprint density at radius 2 is 1.62 bits per heavy atom. The average Bonchev–Trinajstić information content (AvgIpc) is 3.14.